The molecule has 1 aromatic carbocycles. The Morgan fingerprint density at radius 3 is 2.67 bits per heavy atom. The van der Waals surface area contributed by atoms with Gasteiger partial charge in [-0.25, -0.2) is 15.1 Å². The van der Waals surface area contributed by atoms with Crippen LogP contribution in [0.4, 0.5) is 5.95 Å². The molecule has 0 aliphatic heterocycles. The van der Waals surface area contributed by atoms with Crippen molar-refractivity contribution >= 4 is 12.2 Å². The van der Waals surface area contributed by atoms with E-state index in [2.05, 4.69) is 25.6 Å². The smallest absolute Gasteiger partial charge is 0.245 e. The SMILES string of the molecule is CCOc1cc(/C=N/Nc2nc(C)cc(-n3nc(C)cc3C)n2)ccc1O. The first-order valence-corrected chi connectivity index (χ1v) is 8.60. The van der Waals surface area contributed by atoms with Gasteiger partial charge in [-0.1, -0.05) is 0 Å². The fourth-order valence-electron chi connectivity index (χ4n) is 2.62. The van der Waals surface area contributed by atoms with Crippen molar-refractivity contribution in [2.75, 3.05) is 12.0 Å². The second-order valence-corrected chi connectivity index (χ2v) is 6.06. The van der Waals surface area contributed by atoms with Gasteiger partial charge in [0.25, 0.3) is 0 Å². The third kappa shape index (κ3) is 4.41. The second kappa shape index (κ2) is 7.86. The normalized spacial score (nSPS) is 11.1. The van der Waals surface area contributed by atoms with E-state index in [4.69, 9.17) is 4.74 Å². The summed E-state index contributed by atoms with van der Waals surface area (Å²) < 4.78 is 7.14. The summed E-state index contributed by atoms with van der Waals surface area (Å²) in [6, 6.07) is 8.87. The van der Waals surface area contributed by atoms with Crippen molar-refractivity contribution in [2.45, 2.75) is 27.7 Å². The molecular formula is C19H22N6O2. The molecule has 0 saturated heterocycles. The number of aromatic hydroxyl groups is 1. The molecule has 27 heavy (non-hydrogen) atoms. The molecule has 0 bridgehead atoms. The molecule has 8 nitrogen and oxygen atoms in total. The van der Waals surface area contributed by atoms with Crippen LogP contribution in [0.2, 0.25) is 0 Å². The van der Waals surface area contributed by atoms with E-state index in [1.54, 1.807) is 29.1 Å². The Morgan fingerprint density at radius 1 is 1.15 bits per heavy atom. The monoisotopic (exact) mass is 366 g/mol. The Balaban J connectivity index is 1.79. The maximum absolute atomic E-state index is 9.75. The largest absolute Gasteiger partial charge is 0.504 e. The highest BCUT2D eigenvalue weighted by molar-refractivity contribution is 5.81. The summed E-state index contributed by atoms with van der Waals surface area (Å²) in [6.45, 7) is 8.13. The number of nitrogens with one attached hydrogen (secondary N) is 1. The number of aromatic nitrogens is 4. The summed E-state index contributed by atoms with van der Waals surface area (Å²) in [5, 5.41) is 18.4. The number of aryl methyl sites for hydroxylation is 3. The molecule has 3 rings (SSSR count). The molecule has 2 aromatic heterocycles. The van der Waals surface area contributed by atoms with E-state index in [1.165, 1.54) is 0 Å². The van der Waals surface area contributed by atoms with E-state index >= 15 is 0 Å². The van der Waals surface area contributed by atoms with Gasteiger partial charge in [-0.15, -0.1) is 0 Å². The van der Waals surface area contributed by atoms with Crippen molar-refractivity contribution in [1.82, 2.24) is 19.7 Å². The number of hydrogen-bond acceptors (Lipinski definition) is 7. The van der Waals surface area contributed by atoms with Crippen molar-refractivity contribution in [1.29, 1.82) is 0 Å². The van der Waals surface area contributed by atoms with Gasteiger partial charge < -0.3 is 9.84 Å². The fraction of sp³-hybridized carbons (Fsp3) is 0.263. The summed E-state index contributed by atoms with van der Waals surface area (Å²) in [6.07, 6.45) is 1.61. The van der Waals surface area contributed by atoms with Crippen LogP contribution >= 0.6 is 0 Å². The number of hydrogen-bond donors (Lipinski definition) is 2. The summed E-state index contributed by atoms with van der Waals surface area (Å²) in [5.74, 6) is 1.56. The predicted molar refractivity (Wildman–Crippen MR) is 104 cm³/mol. The third-order valence-electron chi connectivity index (χ3n) is 3.73. The Bertz CT molecular complexity index is 980. The molecule has 0 atom stereocenters. The van der Waals surface area contributed by atoms with Gasteiger partial charge in [0.15, 0.2) is 17.3 Å². The number of phenols is 1. The zero-order valence-electron chi connectivity index (χ0n) is 15.8. The van der Waals surface area contributed by atoms with E-state index < -0.39 is 0 Å². The van der Waals surface area contributed by atoms with Crippen LogP contribution in [0.25, 0.3) is 5.82 Å². The third-order valence-corrected chi connectivity index (χ3v) is 3.73. The van der Waals surface area contributed by atoms with E-state index in [1.807, 2.05) is 39.8 Å². The number of rotatable bonds is 6. The average Bonchev–Trinajstić information content (AvgIpc) is 2.96. The first kappa shape index (κ1) is 18.4. The molecule has 0 aliphatic rings. The first-order valence-electron chi connectivity index (χ1n) is 8.60. The highest BCUT2D eigenvalue weighted by Crippen LogP contribution is 2.26. The molecule has 2 heterocycles. The van der Waals surface area contributed by atoms with E-state index in [-0.39, 0.29) is 5.75 Å². The highest BCUT2D eigenvalue weighted by Gasteiger charge is 2.08. The molecule has 140 valence electrons. The van der Waals surface area contributed by atoms with Crippen molar-refractivity contribution < 1.29 is 9.84 Å². The molecule has 0 saturated carbocycles. The highest BCUT2D eigenvalue weighted by atomic mass is 16.5. The van der Waals surface area contributed by atoms with Crippen LogP contribution in [0.3, 0.4) is 0 Å². The second-order valence-electron chi connectivity index (χ2n) is 6.06. The summed E-state index contributed by atoms with van der Waals surface area (Å²) in [4.78, 5) is 8.82. The molecular weight excluding hydrogens is 344 g/mol. The van der Waals surface area contributed by atoms with Crippen LogP contribution in [0.15, 0.2) is 35.4 Å². The molecule has 3 aromatic rings. The zero-order chi connectivity index (χ0) is 19.4. The predicted octanol–water partition coefficient (Wildman–Crippen LogP) is 3.14. The van der Waals surface area contributed by atoms with Crippen LogP contribution in [0.1, 0.15) is 29.6 Å². The lowest BCUT2D eigenvalue weighted by molar-refractivity contribution is 0.318. The van der Waals surface area contributed by atoms with Gasteiger partial charge in [0, 0.05) is 17.5 Å². The molecule has 0 unspecified atom stereocenters. The lowest BCUT2D eigenvalue weighted by atomic mass is 10.2. The van der Waals surface area contributed by atoms with Crippen molar-refractivity contribution in [2.24, 2.45) is 5.10 Å². The maximum atomic E-state index is 9.75. The Kier molecular flexibility index (Phi) is 5.35. The maximum Gasteiger partial charge on any atom is 0.245 e. The summed E-state index contributed by atoms with van der Waals surface area (Å²) >= 11 is 0. The van der Waals surface area contributed by atoms with Gasteiger partial charge in [-0.05, 0) is 57.5 Å². The fourth-order valence-corrected chi connectivity index (χ4v) is 2.62. The minimum Gasteiger partial charge on any atom is -0.504 e. The van der Waals surface area contributed by atoms with Crippen LogP contribution < -0.4 is 10.2 Å². The van der Waals surface area contributed by atoms with Crippen LogP contribution in [-0.2, 0) is 0 Å². The number of nitrogens with zero attached hydrogens (tertiary/aromatic N) is 5. The van der Waals surface area contributed by atoms with Crippen molar-refractivity contribution in [3.05, 3.63) is 53.0 Å². The summed E-state index contributed by atoms with van der Waals surface area (Å²) in [5.41, 5.74) is 6.33. The van der Waals surface area contributed by atoms with Gasteiger partial charge in [0.2, 0.25) is 5.95 Å². The van der Waals surface area contributed by atoms with Gasteiger partial charge in [-0.3, -0.25) is 0 Å². The van der Waals surface area contributed by atoms with Crippen LogP contribution in [0, 0.1) is 20.8 Å². The standard InChI is InChI=1S/C19H22N6O2/c1-5-27-17-10-15(6-7-16(17)26)11-20-23-19-21-12(2)9-18(22-19)25-14(4)8-13(3)24-25/h6-11,26H,5H2,1-4H3,(H,21,22,23)/b20-11+. The van der Waals surface area contributed by atoms with Crippen LogP contribution in [0.5, 0.6) is 11.5 Å². The van der Waals surface area contributed by atoms with Gasteiger partial charge in [-0.2, -0.15) is 15.2 Å². The number of hydrazone groups is 1. The minimum absolute atomic E-state index is 0.0958. The minimum atomic E-state index is 0.0958. The van der Waals surface area contributed by atoms with E-state index in [0.717, 1.165) is 22.6 Å². The molecule has 2 N–H and O–H groups in total. The van der Waals surface area contributed by atoms with E-state index in [9.17, 15) is 5.11 Å². The zero-order valence-corrected chi connectivity index (χ0v) is 15.8. The topological polar surface area (TPSA) is 97.5 Å². The number of benzene rings is 1. The number of ether oxygens (including phenoxy) is 1. The lowest BCUT2D eigenvalue weighted by Crippen LogP contribution is -2.06. The van der Waals surface area contributed by atoms with Crippen molar-refractivity contribution in [3.8, 4) is 17.3 Å². The molecule has 0 aliphatic carbocycles. The molecule has 0 radical (unpaired) electrons. The molecule has 8 heteroatoms. The quantitative estimate of drug-likeness (QED) is 0.514. The average molecular weight is 366 g/mol. The lowest BCUT2D eigenvalue weighted by Gasteiger charge is -2.07. The molecule has 0 fully saturated rings. The Hall–Kier alpha value is -3.42. The molecule has 0 spiro atoms. The number of phenolic OH excluding ortho intramolecular Hbond substituents is 1. The van der Waals surface area contributed by atoms with Gasteiger partial charge in [0.05, 0.1) is 18.5 Å². The first-order chi connectivity index (χ1) is 13.0. The molecule has 0 amide bonds. The summed E-state index contributed by atoms with van der Waals surface area (Å²) in [7, 11) is 0. The van der Waals surface area contributed by atoms with Gasteiger partial charge >= 0.3 is 0 Å². The van der Waals surface area contributed by atoms with Crippen LogP contribution in [-0.4, -0.2) is 37.7 Å². The van der Waals surface area contributed by atoms with Gasteiger partial charge in [0.1, 0.15) is 0 Å². The van der Waals surface area contributed by atoms with E-state index in [0.29, 0.717) is 24.1 Å². The number of anilines is 1. The Morgan fingerprint density at radius 2 is 1.96 bits per heavy atom. The van der Waals surface area contributed by atoms with Crippen molar-refractivity contribution in [3.63, 3.8) is 0 Å². The Labute approximate surface area is 157 Å².